The van der Waals surface area contributed by atoms with Crippen LogP contribution in [0.4, 0.5) is 0 Å². The van der Waals surface area contributed by atoms with E-state index in [1.54, 1.807) is 11.3 Å². The van der Waals surface area contributed by atoms with Gasteiger partial charge in [-0.2, -0.15) is 0 Å². The Morgan fingerprint density at radius 1 is 1.60 bits per heavy atom. The van der Waals surface area contributed by atoms with Crippen LogP contribution in [0.15, 0.2) is 11.4 Å². The predicted molar refractivity (Wildman–Crippen MR) is 65.0 cm³/mol. The van der Waals surface area contributed by atoms with Gasteiger partial charge in [-0.1, -0.05) is 20.3 Å². The standard InChI is InChI=1S/C12H19NOS/c1-4-5-10(3)12(14)13-8-11-9(2)6-7-15-11/h6-7,10H,4-5,8H2,1-3H3,(H,13,14). The highest BCUT2D eigenvalue weighted by molar-refractivity contribution is 7.10. The van der Waals surface area contributed by atoms with Crippen LogP contribution in [0, 0.1) is 12.8 Å². The Bertz CT molecular complexity index is 319. The molecule has 2 nitrogen and oxygen atoms in total. The van der Waals surface area contributed by atoms with Crippen molar-refractivity contribution in [3.63, 3.8) is 0 Å². The van der Waals surface area contributed by atoms with Crippen molar-refractivity contribution < 1.29 is 4.79 Å². The summed E-state index contributed by atoms with van der Waals surface area (Å²) in [5, 5.41) is 5.04. The first-order valence-corrected chi connectivity index (χ1v) is 6.33. The van der Waals surface area contributed by atoms with Gasteiger partial charge >= 0.3 is 0 Å². The van der Waals surface area contributed by atoms with Crippen molar-refractivity contribution in [2.45, 2.75) is 40.2 Å². The number of thiophene rings is 1. The third-order valence-corrected chi connectivity index (χ3v) is 3.58. The molecule has 1 rings (SSSR count). The molecule has 1 amide bonds. The lowest BCUT2D eigenvalue weighted by Crippen LogP contribution is -2.28. The molecule has 15 heavy (non-hydrogen) atoms. The molecule has 1 N–H and O–H groups in total. The second-order valence-electron chi connectivity index (χ2n) is 3.93. The molecule has 84 valence electrons. The van der Waals surface area contributed by atoms with Crippen molar-refractivity contribution in [3.05, 3.63) is 21.9 Å². The number of hydrogen-bond donors (Lipinski definition) is 1. The van der Waals surface area contributed by atoms with Crippen LogP contribution in [0.25, 0.3) is 0 Å². The Labute approximate surface area is 95.7 Å². The minimum Gasteiger partial charge on any atom is -0.351 e. The number of hydrogen-bond acceptors (Lipinski definition) is 2. The van der Waals surface area contributed by atoms with E-state index in [0.29, 0.717) is 6.54 Å². The summed E-state index contributed by atoms with van der Waals surface area (Å²) in [4.78, 5) is 12.9. The van der Waals surface area contributed by atoms with E-state index >= 15 is 0 Å². The summed E-state index contributed by atoms with van der Waals surface area (Å²) in [6.45, 7) is 6.84. The molecule has 0 aliphatic rings. The third-order valence-electron chi connectivity index (χ3n) is 2.56. The highest BCUT2D eigenvalue weighted by Gasteiger charge is 2.11. The zero-order valence-electron chi connectivity index (χ0n) is 9.67. The summed E-state index contributed by atoms with van der Waals surface area (Å²) in [5.41, 5.74) is 1.27. The van der Waals surface area contributed by atoms with Gasteiger partial charge < -0.3 is 5.32 Å². The fraction of sp³-hybridized carbons (Fsp3) is 0.583. The zero-order chi connectivity index (χ0) is 11.3. The van der Waals surface area contributed by atoms with Crippen molar-refractivity contribution >= 4 is 17.2 Å². The van der Waals surface area contributed by atoms with Crippen molar-refractivity contribution in [1.29, 1.82) is 0 Å². The average molecular weight is 225 g/mol. The van der Waals surface area contributed by atoms with Crippen molar-refractivity contribution in [1.82, 2.24) is 5.32 Å². The van der Waals surface area contributed by atoms with Gasteiger partial charge in [0.05, 0.1) is 6.54 Å². The number of nitrogens with one attached hydrogen (secondary N) is 1. The SMILES string of the molecule is CCCC(C)C(=O)NCc1sccc1C. The maximum atomic E-state index is 11.6. The summed E-state index contributed by atoms with van der Waals surface area (Å²) in [6, 6.07) is 2.08. The van der Waals surface area contributed by atoms with Gasteiger partial charge in [-0.15, -0.1) is 11.3 Å². The lowest BCUT2D eigenvalue weighted by molar-refractivity contribution is -0.124. The van der Waals surface area contributed by atoms with E-state index in [1.807, 2.05) is 6.92 Å². The van der Waals surface area contributed by atoms with Crippen molar-refractivity contribution in [3.8, 4) is 0 Å². The molecule has 0 radical (unpaired) electrons. The fourth-order valence-electron chi connectivity index (χ4n) is 1.49. The predicted octanol–water partition coefficient (Wildman–Crippen LogP) is 3.11. The maximum Gasteiger partial charge on any atom is 0.223 e. The molecule has 1 unspecified atom stereocenters. The van der Waals surface area contributed by atoms with Crippen LogP contribution in [0.5, 0.6) is 0 Å². The monoisotopic (exact) mass is 225 g/mol. The van der Waals surface area contributed by atoms with E-state index in [2.05, 4.69) is 30.6 Å². The van der Waals surface area contributed by atoms with Crippen LogP contribution < -0.4 is 5.32 Å². The van der Waals surface area contributed by atoms with Crippen LogP contribution in [-0.4, -0.2) is 5.91 Å². The van der Waals surface area contributed by atoms with Gasteiger partial charge in [0.15, 0.2) is 0 Å². The molecule has 0 spiro atoms. The van der Waals surface area contributed by atoms with Crippen molar-refractivity contribution in [2.24, 2.45) is 5.92 Å². The quantitative estimate of drug-likeness (QED) is 0.819. The van der Waals surface area contributed by atoms with Gasteiger partial charge in [0.25, 0.3) is 0 Å². The minimum atomic E-state index is 0.135. The fourth-order valence-corrected chi connectivity index (χ4v) is 2.34. The van der Waals surface area contributed by atoms with Gasteiger partial charge in [0.1, 0.15) is 0 Å². The summed E-state index contributed by atoms with van der Waals surface area (Å²) >= 11 is 1.70. The minimum absolute atomic E-state index is 0.135. The molecule has 1 atom stereocenters. The van der Waals surface area contributed by atoms with Crippen LogP contribution in [0.1, 0.15) is 37.1 Å². The van der Waals surface area contributed by atoms with Crippen LogP contribution in [0.3, 0.4) is 0 Å². The summed E-state index contributed by atoms with van der Waals surface area (Å²) < 4.78 is 0. The number of aryl methyl sites for hydroxylation is 1. The first-order chi connectivity index (χ1) is 7.15. The Morgan fingerprint density at radius 2 is 2.33 bits per heavy atom. The molecule has 0 fully saturated rings. The topological polar surface area (TPSA) is 29.1 Å². The molecule has 1 heterocycles. The van der Waals surface area contributed by atoms with E-state index < -0.39 is 0 Å². The van der Waals surface area contributed by atoms with Crippen LogP contribution in [-0.2, 0) is 11.3 Å². The Morgan fingerprint density at radius 3 is 2.87 bits per heavy atom. The highest BCUT2D eigenvalue weighted by atomic mass is 32.1. The molecule has 0 aliphatic carbocycles. The molecule has 0 aromatic carbocycles. The van der Waals surface area contributed by atoms with Gasteiger partial charge in [-0.05, 0) is 30.4 Å². The third kappa shape index (κ3) is 3.67. The summed E-state index contributed by atoms with van der Waals surface area (Å²) in [5.74, 6) is 0.305. The smallest absolute Gasteiger partial charge is 0.223 e. The first-order valence-electron chi connectivity index (χ1n) is 5.45. The number of carbonyl (C=O) groups excluding carboxylic acids is 1. The second-order valence-corrected chi connectivity index (χ2v) is 4.93. The maximum absolute atomic E-state index is 11.6. The number of rotatable bonds is 5. The summed E-state index contributed by atoms with van der Waals surface area (Å²) in [7, 11) is 0. The van der Waals surface area contributed by atoms with Gasteiger partial charge in [0, 0.05) is 10.8 Å². The average Bonchev–Trinajstić information content (AvgIpc) is 2.61. The molecule has 0 saturated heterocycles. The Kier molecular flexibility index (Phi) is 4.82. The van der Waals surface area contributed by atoms with E-state index in [9.17, 15) is 4.79 Å². The zero-order valence-corrected chi connectivity index (χ0v) is 10.5. The summed E-state index contributed by atoms with van der Waals surface area (Å²) in [6.07, 6.45) is 2.03. The molecule has 0 saturated carbocycles. The lowest BCUT2D eigenvalue weighted by Gasteiger charge is -2.10. The van der Waals surface area contributed by atoms with E-state index in [-0.39, 0.29) is 11.8 Å². The van der Waals surface area contributed by atoms with Crippen molar-refractivity contribution in [2.75, 3.05) is 0 Å². The lowest BCUT2D eigenvalue weighted by atomic mass is 10.1. The van der Waals surface area contributed by atoms with Crippen LogP contribution in [0.2, 0.25) is 0 Å². The molecular formula is C12H19NOS. The number of amides is 1. The van der Waals surface area contributed by atoms with Crippen LogP contribution >= 0.6 is 11.3 Å². The Balaban J connectivity index is 2.37. The molecule has 1 aromatic rings. The van der Waals surface area contributed by atoms with Gasteiger partial charge in [-0.3, -0.25) is 4.79 Å². The molecule has 0 aliphatic heterocycles. The molecule has 3 heteroatoms. The highest BCUT2D eigenvalue weighted by Crippen LogP contribution is 2.15. The number of carbonyl (C=O) groups is 1. The largest absolute Gasteiger partial charge is 0.351 e. The molecule has 0 bridgehead atoms. The molecule has 1 aromatic heterocycles. The van der Waals surface area contributed by atoms with E-state index in [0.717, 1.165) is 12.8 Å². The second kappa shape index (κ2) is 5.91. The first kappa shape index (κ1) is 12.2. The Hall–Kier alpha value is -0.830. The van der Waals surface area contributed by atoms with E-state index in [1.165, 1.54) is 10.4 Å². The van der Waals surface area contributed by atoms with Gasteiger partial charge in [0.2, 0.25) is 5.91 Å². The van der Waals surface area contributed by atoms with Gasteiger partial charge in [-0.25, -0.2) is 0 Å². The van der Waals surface area contributed by atoms with E-state index in [4.69, 9.17) is 0 Å². The molecular weight excluding hydrogens is 206 g/mol. The normalized spacial score (nSPS) is 12.5.